The summed E-state index contributed by atoms with van der Waals surface area (Å²) >= 11 is 4.94. The van der Waals surface area contributed by atoms with E-state index in [0.29, 0.717) is 15.1 Å². The van der Waals surface area contributed by atoms with E-state index in [2.05, 4.69) is 28.9 Å². The Morgan fingerprint density at radius 1 is 1.25 bits per heavy atom. The van der Waals surface area contributed by atoms with Gasteiger partial charge in [0.25, 0.3) is 0 Å². The third kappa shape index (κ3) is 8.86. The second-order valence-electron chi connectivity index (χ2n) is 0.707. The second-order valence-corrected chi connectivity index (χ2v) is 2.12. The van der Waals surface area contributed by atoms with Crippen molar-refractivity contribution < 1.29 is 0 Å². The summed E-state index contributed by atoms with van der Waals surface area (Å²) in [6, 6.07) is 0. The van der Waals surface area contributed by atoms with E-state index in [1.54, 1.807) is 0 Å². The summed E-state index contributed by atoms with van der Waals surface area (Å²) < 4.78 is 0. The van der Waals surface area contributed by atoms with Gasteiger partial charge in [0, 0.05) is 27.3 Å². The molecule has 0 saturated heterocycles. The minimum atomic E-state index is 0. The maximum atomic E-state index is 2.26. The van der Waals surface area contributed by atoms with Crippen LogP contribution in [0.5, 0.6) is 0 Å². The average molecular weight is 245 g/mol. The predicted molar refractivity (Wildman–Crippen MR) is 23.0 cm³/mol. The summed E-state index contributed by atoms with van der Waals surface area (Å²) in [6.07, 6.45) is 0. The molecule has 4 heavy (non-hydrogen) atoms. The minimum Gasteiger partial charge on any atom is 0 e. The van der Waals surface area contributed by atoms with Gasteiger partial charge in [0.05, 0.1) is 0 Å². The van der Waals surface area contributed by atoms with Crippen molar-refractivity contribution in [2.45, 2.75) is 0 Å². The van der Waals surface area contributed by atoms with E-state index in [1.165, 1.54) is 0 Å². The van der Waals surface area contributed by atoms with Crippen molar-refractivity contribution in [2.75, 3.05) is 0 Å². The van der Waals surface area contributed by atoms with Gasteiger partial charge in [-0.2, -0.15) is 0 Å². The molecule has 0 heterocycles. The molecular weight excluding hydrogens is 245 g/mol. The first-order valence-corrected chi connectivity index (χ1v) is 4.24. The molecule has 0 aromatic carbocycles. The number of rotatable bonds is 0. The molecule has 0 saturated carbocycles. The van der Waals surface area contributed by atoms with Crippen LogP contribution in [0.15, 0.2) is 0 Å². The Labute approximate surface area is 69.8 Å². The van der Waals surface area contributed by atoms with Gasteiger partial charge < -0.3 is 0 Å². The summed E-state index contributed by atoms with van der Waals surface area (Å²) in [5.74, 6) is 0. The summed E-state index contributed by atoms with van der Waals surface area (Å²) in [6.45, 7) is 0. The number of hydrogen-bond donors (Lipinski definition) is 0. The standard InChI is InChI=1S/2Li.Mg.Pb. The third-order valence-corrected chi connectivity index (χ3v) is 0. The first-order valence-electron chi connectivity index (χ1n) is 1.41. The molecule has 0 amide bonds. The zero-order valence-corrected chi connectivity index (χ0v) is 8.51. The third-order valence-electron chi connectivity index (χ3n) is 0. The molecule has 0 bridgehead atoms. The molecule has 0 spiro atoms. The first-order chi connectivity index (χ1) is 1.41. The maximum absolute atomic E-state index is 2.26. The molecule has 0 aromatic rings. The van der Waals surface area contributed by atoms with E-state index in [-0.39, 0.29) is 27.3 Å². The van der Waals surface area contributed by atoms with Crippen LogP contribution in [-0.4, -0.2) is 71.4 Å². The van der Waals surface area contributed by atoms with E-state index in [0.717, 1.165) is 0 Å². The van der Waals surface area contributed by atoms with Gasteiger partial charge in [0.15, 0.2) is 0 Å². The van der Waals surface area contributed by atoms with E-state index in [4.69, 9.17) is 0 Å². The van der Waals surface area contributed by atoms with Crippen molar-refractivity contribution in [3.05, 3.63) is 0 Å². The van der Waals surface area contributed by atoms with Crippen LogP contribution in [0.4, 0.5) is 0 Å². The van der Waals surface area contributed by atoms with Gasteiger partial charge in [-0.25, -0.2) is 0 Å². The van der Waals surface area contributed by atoms with E-state index in [1.807, 2.05) is 0 Å². The van der Waals surface area contributed by atoms with Gasteiger partial charge >= 0.3 is 44.1 Å². The molecule has 0 aliphatic heterocycles. The molecule has 0 N–H and O–H groups in total. The van der Waals surface area contributed by atoms with Gasteiger partial charge in [-0.1, -0.05) is 0 Å². The fourth-order valence-electron chi connectivity index (χ4n) is 0. The van der Waals surface area contributed by atoms with E-state index in [9.17, 15) is 0 Å². The van der Waals surface area contributed by atoms with Crippen molar-refractivity contribution >= 4 is 71.4 Å². The van der Waals surface area contributed by atoms with E-state index < -0.39 is 0 Å². The van der Waals surface area contributed by atoms with Gasteiger partial charge in [0.2, 0.25) is 0 Å². The molecule has 0 nitrogen and oxygen atoms in total. The zero-order chi connectivity index (χ0) is 2.71. The molecule has 4 heteroatoms. The Morgan fingerprint density at radius 2 is 1.25 bits per heavy atom. The van der Waals surface area contributed by atoms with Crippen molar-refractivity contribution in [1.29, 1.82) is 0 Å². The average Bonchev–Trinajstić information content (AvgIpc) is 0.918. The molecule has 0 aliphatic rings. The van der Waals surface area contributed by atoms with Crippen LogP contribution in [0.25, 0.3) is 0 Å². The second kappa shape index (κ2) is 9.30. The summed E-state index contributed by atoms with van der Waals surface area (Å²) in [5.41, 5.74) is 0. The SMILES string of the molecule is [Li][Mg][Li].[Pb]. The van der Waals surface area contributed by atoms with Gasteiger partial charge in [-0.05, 0) is 0 Å². The molecule has 0 unspecified atom stereocenters. The monoisotopic (exact) mass is 246 g/mol. The fourth-order valence-corrected chi connectivity index (χ4v) is 0. The Morgan fingerprint density at radius 3 is 1.25 bits per heavy atom. The minimum absolute atomic E-state index is 0. The molecule has 0 atom stereocenters. The van der Waals surface area contributed by atoms with Crippen LogP contribution in [0.1, 0.15) is 0 Å². The first kappa shape index (κ1) is 9.99. The van der Waals surface area contributed by atoms with Crippen LogP contribution < -0.4 is 0 Å². The Balaban J connectivity index is 0. The van der Waals surface area contributed by atoms with Crippen molar-refractivity contribution in [3.63, 3.8) is 0 Å². The van der Waals surface area contributed by atoms with Crippen molar-refractivity contribution in [1.82, 2.24) is 0 Å². The summed E-state index contributed by atoms with van der Waals surface area (Å²) in [4.78, 5) is 0. The Kier molecular flexibility index (Phi) is 23.2. The normalized spacial score (nSPS) is 3.00. The predicted octanol–water partition coefficient (Wildman–Crippen LogP) is -1.52. The summed E-state index contributed by atoms with van der Waals surface area (Å²) in [7, 11) is 0. The smallest absolute Gasteiger partial charge is 0 e. The topological polar surface area (TPSA) is 0 Å². The van der Waals surface area contributed by atoms with E-state index >= 15 is 0 Å². The molecule has 0 fully saturated rings. The zero-order valence-electron chi connectivity index (χ0n) is 3.21. The Bertz CT molecular complexity index is 6.00. The van der Waals surface area contributed by atoms with Gasteiger partial charge in [0.1, 0.15) is 0 Å². The quantitative estimate of drug-likeness (QED) is 0.455. The van der Waals surface area contributed by atoms with Crippen LogP contribution in [0.2, 0.25) is 0 Å². The van der Waals surface area contributed by atoms with Gasteiger partial charge in [-0.15, -0.1) is 0 Å². The Hall–Kier alpha value is 2.88. The van der Waals surface area contributed by atoms with Crippen LogP contribution in [0, 0.1) is 0 Å². The van der Waals surface area contributed by atoms with Gasteiger partial charge in [-0.3, -0.25) is 0 Å². The molecule has 8 valence electrons. The number of hydrogen-bond acceptors (Lipinski definition) is 0. The molecule has 0 rings (SSSR count). The molecule has 0 aliphatic carbocycles. The van der Waals surface area contributed by atoms with Crippen LogP contribution in [-0.2, 0) is 0 Å². The van der Waals surface area contributed by atoms with Crippen LogP contribution in [0.3, 0.4) is 0 Å². The fraction of sp³-hybridized carbons (Fsp3) is 0. The molecular formula is Li2MgPb. The molecule has 0 aromatic heterocycles. The summed E-state index contributed by atoms with van der Waals surface area (Å²) in [5, 5.41) is 0. The van der Waals surface area contributed by atoms with Crippen molar-refractivity contribution in [2.24, 2.45) is 0 Å². The maximum Gasteiger partial charge on any atom is 0 e. The molecule has 4 radical (unpaired) electrons. The van der Waals surface area contributed by atoms with Crippen molar-refractivity contribution in [3.8, 4) is 0 Å². The largest absolute Gasteiger partial charge is 0 e. The van der Waals surface area contributed by atoms with Crippen LogP contribution >= 0.6 is 0 Å².